The van der Waals surface area contributed by atoms with Gasteiger partial charge in [0.25, 0.3) is 0 Å². The summed E-state index contributed by atoms with van der Waals surface area (Å²) >= 11 is 0. The molecular formula is C24H26N2O2. The molecule has 0 saturated carbocycles. The highest BCUT2D eigenvalue weighted by molar-refractivity contribution is 5.84. The highest BCUT2D eigenvalue weighted by atomic mass is 16.5. The standard InChI is InChI=1S/C24H26N2O2/c25-16-22(20-13-12-17-7-4-5-10-19(17)15-20)26-24(27)21-11-6-14-28-23(21)18-8-2-1-3-9-18/h1-5,7-10,12-13,15,21-23H,6,11,14,16,25H2,(H,26,27). The maximum atomic E-state index is 13.1. The Morgan fingerprint density at radius 2 is 1.79 bits per heavy atom. The number of hydrogen-bond acceptors (Lipinski definition) is 3. The fourth-order valence-corrected chi connectivity index (χ4v) is 4.00. The molecule has 3 N–H and O–H groups in total. The number of rotatable bonds is 5. The Morgan fingerprint density at radius 1 is 1.04 bits per heavy atom. The van der Waals surface area contributed by atoms with Crippen molar-refractivity contribution >= 4 is 16.7 Å². The molecule has 0 aromatic heterocycles. The maximum absolute atomic E-state index is 13.1. The Hall–Kier alpha value is -2.69. The number of carbonyl (C=O) groups is 1. The SMILES string of the molecule is NCC(NC(=O)C1CCCOC1c1ccccc1)c1ccc2ccccc2c1. The van der Waals surface area contributed by atoms with Crippen molar-refractivity contribution in [2.75, 3.05) is 13.2 Å². The Balaban J connectivity index is 1.54. The number of fused-ring (bicyclic) bond motifs is 1. The summed E-state index contributed by atoms with van der Waals surface area (Å²) in [6.45, 7) is 1.04. The molecule has 0 radical (unpaired) electrons. The van der Waals surface area contributed by atoms with Gasteiger partial charge in [0.15, 0.2) is 0 Å². The number of nitrogens with two attached hydrogens (primary N) is 1. The number of nitrogens with one attached hydrogen (secondary N) is 1. The van der Waals surface area contributed by atoms with E-state index in [1.54, 1.807) is 0 Å². The minimum atomic E-state index is -0.213. The first-order valence-corrected chi connectivity index (χ1v) is 9.92. The van der Waals surface area contributed by atoms with E-state index < -0.39 is 0 Å². The zero-order valence-electron chi connectivity index (χ0n) is 15.9. The van der Waals surface area contributed by atoms with Gasteiger partial charge in [-0.15, -0.1) is 0 Å². The van der Waals surface area contributed by atoms with E-state index in [0.717, 1.165) is 29.4 Å². The first-order chi connectivity index (χ1) is 13.8. The molecule has 3 aromatic carbocycles. The van der Waals surface area contributed by atoms with Gasteiger partial charge in [-0.25, -0.2) is 0 Å². The maximum Gasteiger partial charge on any atom is 0.226 e. The second-order valence-electron chi connectivity index (χ2n) is 7.35. The largest absolute Gasteiger partial charge is 0.373 e. The third-order valence-electron chi connectivity index (χ3n) is 5.52. The monoisotopic (exact) mass is 374 g/mol. The van der Waals surface area contributed by atoms with Crippen molar-refractivity contribution in [3.05, 3.63) is 83.9 Å². The first kappa shape index (κ1) is 18.7. The molecule has 4 nitrogen and oxygen atoms in total. The van der Waals surface area contributed by atoms with Gasteiger partial charge in [0, 0.05) is 13.2 Å². The van der Waals surface area contributed by atoms with Gasteiger partial charge >= 0.3 is 0 Å². The molecule has 3 atom stereocenters. The number of ether oxygens (including phenoxy) is 1. The van der Waals surface area contributed by atoms with Crippen molar-refractivity contribution in [1.82, 2.24) is 5.32 Å². The zero-order chi connectivity index (χ0) is 19.3. The van der Waals surface area contributed by atoms with E-state index in [9.17, 15) is 4.79 Å². The third kappa shape index (κ3) is 3.93. The smallest absolute Gasteiger partial charge is 0.226 e. The van der Waals surface area contributed by atoms with E-state index in [0.29, 0.717) is 13.2 Å². The fraction of sp³-hybridized carbons (Fsp3) is 0.292. The lowest BCUT2D eigenvalue weighted by atomic mass is 9.88. The van der Waals surface area contributed by atoms with Crippen LogP contribution < -0.4 is 11.1 Å². The van der Waals surface area contributed by atoms with E-state index in [1.807, 2.05) is 48.5 Å². The van der Waals surface area contributed by atoms with Crippen LogP contribution in [-0.4, -0.2) is 19.1 Å². The second kappa shape index (κ2) is 8.55. The van der Waals surface area contributed by atoms with Gasteiger partial charge in [-0.1, -0.05) is 66.7 Å². The van der Waals surface area contributed by atoms with E-state index in [2.05, 4.69) is 29.6 Å². The Kier molecular flexibility index (Phi) is 5.70. The molecule has 4 heteroatoms. The molecule has 1 saturated heterocycles. The van der Waals surface area contributed by atoms with Gasteiger partial charge in [0.2, 0.25) is 5.91 Å². The number of amides is 1. The van der Waals surface area contributed by atoms with Gasteiger partial charge in [0.1, 0.15) is 0 Å². The Bertz CT molecular complexity index is 942. The van der Waals surface area contributed by atoms with Crippen molar-refractivity contribution in [3.8, 4) is 0 Å². The van der Waals surface area contributed by atoms with Gasteiger partial charge in [-0.2, -0.15) is 0 Å². The minimum Gasteiger partial charge on any atom is -0.373 e. The molecule has 3 aromatic rings. The summed E-state index contributed by atoms with van der Waals surface area (Å²) < 4.78 is 5.98. The molecule has 144 valence electrons. The molecule has 0 aliphatic carbocycles. The molecule has 1 heterocycles. The van der Waals surface area contributed by atoms with Crippen LogP contribution in [0.5, 0.6) is 0 Å². The van der Waals surface area contributed by atoms with E-state index in [4.69, 9.17) is 10.5 Å². The molecule has 4 rings (SSSR count). The van der Waals surface area contributed by atoms with E-state index >= 15 is 0 Å². The van der Waals surface area contributed by atoms with Crippen LogP contribution in [0.3, 0.4) is 0 Å². The predicted molar refractivity (Wildman–Crippen MR) is 112 cm³/mol. The summed E-state index contributed by atoms with van der Waals surface area (Å²) in [5, 5.41) is 5.50. The summed E-state index contributed by atoms with van der Waals surface area (Å²) in [7, 11) is 0. The van der Waals surface area contributed by atoms with E-state index in [-0.39, 0.29) is 24.0 Å². The zero-order valence-corrected chi connectivity index (χ0v) is 15.9. The fourth-order valence-electron chi connectivity index (χ4n) is 4.00. The number of benzene rings is 3. The summed E-state index contributed by atoms with van der Waals surface area (Å²) in [6.07, 6.45) is 1.51. The number of hydrogen-bond donors (Lipinski definition) is 2. The van der Waals surface area contributed by atoms with E-state index in [1.165, 1.54) is 5.39 Å². The number of carbonyl (C=O) groups excluding carboxylic acids is 1. The van der Waals surface area contributed by atoms with Crippen molar-refractivity contribution in [2.45, 2.75) is 25.0 Å². The van der Waals surface area contributed by atoms with Gasteiger partial charge in [-0.05, 0) is 40.8 Å². The molecule has 1 aliphatic rings. The van der Waals surface area contributed by atoms with Crippen LogP contribution in [0.25, 0.3) is 10.8 Å². The first-order valence-electron chi connectivity index (χ1n) is 9.92. The summed E-state index contributed by atoms with van der Waals surface area (Å²) in [6, 6.07) is 24.2. The van der Waals surface area contributed by atoms with Crippen molar-refractivity contribution in [2.24, 2.45) is 11.7 Å². The van der Waals surface area contributed by atoms with Crippen LogP contribution in [0.4, 0.5) is 0 Å². The summed E-state index contributed by atoms with van der Waals surface area (Å²) in [5.41, 5.74) is 8.11. The molecule has 1 amide bonds. The highest BCUT2D eigenvalue weighted by Crippen LogP contribution is 2.34. The van der Waals surface area contributed by atoms with Crippen molar-refractivity contribution in [3.63, 3.8) is 0 Å². The molecule has 0 spiro atoms. The predicted octanol–water partition coefficient (Wildman–Crippen LogP) is 4.12. The topological polar surface area (TPSA) is 64.3 Å². The average Bonchev–Trinajstić information content (AvgIpc) is 2.77. The van der Waals surface area contributed by atoms with Crippen molar-refractivity contribution in [1.29, 1.82) is 0 Å². The second-order valence-corrected chi connectivity index (χ2v) is 7.35. The van der Waals surface area contributed by atoms with Crippen LogP contribution in [0.1, 0.15) is 36.1 Å². The highest BCUT2D eigenvalue weighted by Gasteiger charge is 2.34. The Labute approximate surface area is 165 Å². The van der Waals surface area contributed by atoms with Crippen LogP contribution in [0.15, 0.2) is 72.8 Å². The summed E-state index contributed by atoms with van der Waals surface area (Å²) in [4.78, 5) is 13.1. The van der Waals surface area contributed by atoms with Crippen LogP contribution in [0, 0.1) is 5.92 Å². The molecule has 1 aliphatic heterocycles. The van der Waals surface area contributed by atoms with Crippen LogP contribution >= 0.6 is 0 Å². The lowest BCUT2D eigenvalue weighted by Crippen LogP contribution is -2.41. The quantitative estimate of drug-likeness (QED) is 0.706. The van der Waals surface area contributed by atoms with Crippen LogP contribution in [0.2, 0.25) is 0 Å². The summed E-state index contributed by atoms with van der Waals surface area (Å²) in [5.74, 6) is -0.192. The van der Waals surface area contributed by atoms with Gasteiger partial charge in [-0.3, -0.25) is 4.79 Å². The molecule has 28 heavy (non-hydrogen) atoms. The lowest BCUT2D eigenvalue weighted by Gasteiger charge is -2.32. The average molecular weight is 374 g/mol. The molecular weight excluding hydrogens is 348 g/mol. The minimum absolute atomic E-state index is 0.0113. The Morgan fingerprint density at radius 3 is 2.57 bits per heavy atom. The van der Waals surface area contributed by atoms with Crippen molar-refractivity contribution < 1.29 is 9.53 Å². The molecule has 3 unspecified atom stereocenters. The molecule has 1 fully saturated rings. The third-order valence-corrected chi connectivity index (χ3v) is 5.52. The normalized spacial score (nSPS) is 20.6. The van der Waals surface area contributed by atoms with Gasteiger partial charge < -0.3 is 15.8 Å². The van der Waals surface area contributed by atoms with Gasteiger partial charge in [0.05, 0.1) is 18.1 Å². The lowest BCUT2D eigenvalue weighted by molar-refractivity contribution is -0.135. The molecule has 0 bridgehead atoms. The van der Waals surface area contributed by atoms with Crippen LogP contribution in [-0.2, 0) is 9.53 Å².